The third-order valence-corrected chi connectivity index (χ3v) is 4.72. The van der Waals surface area contributed by atoms with Crippen molar-refractivity contribution in [3.63, 3.8) is 0 Å². The van der Waals surface area contributed by atoms with Crippen LogP contribution >= 0.6 is 0 Å². The molecular weight excluding hydrogens is 378 g/mol. The molecule has 5 heteroatoms. The van der Waals surface area contributed by atoms with Gasteiger partial charge in [0.1, 0.15) is 5.92 Å². The van der Waals surface area contributed by atoms with Crippen molar-refractivity contribution in [3.05, 3.63) is 102 Å². The Kier molecular flexibility index (Phi) is 6.75. The van der Waals surface area contributed by atoms with E-state index in [4.69, 9.17) is 4.74 Å². The lowest BCUT2D eigenvalue weighted by atomic mass is 9.91. The van der Waals surface area contributed by atoms with Crippen LogP contribution in [0.15, 0.2) is 84.9 Å². The Morgan fingerprint density at radius 1 is 0.767 bits per heavy atom. The third-order valence-electron chi connectivity index (χ3n) is 4.72. The second-order valence-corrected chi connectivity index (χ2v) is 6.96. The molecule has 5 nitrogen and oxygen atoms in total. The molecule has 30 heavy (non-hydrogen) atoms. The Morgan fingerprint density at radius 2 is 1.27 bits per heavy atom. The monoisotopic (exact) mass is 401 g/mol. The molecule has 1 unspecified atom stereocenters. The fourth-order valence-electron chi connectivity index (χ4n) is 3.08. The summed E-state index contributed by atoms with van der Waals surface area (Å²) in [5.74, 6) is -1.62. The number of ketones is 1. The lowest BCUT2D eigenvalue weighted by Crippen LogP contribution is -2.32. The van der Waals surface area contributed by atoms with Crippen LogP contribution in [0, 0.1) is 0 Å². The van der Waals surface area contributed by atoms with Gasteiger partial charge in [0, 0.05) is 11.3 Å². The van der Waals surface area contributed by atoms with Crippen LogP contribution in [0.1, 0.15) is 41.3 Å². The van der Waals surface area contributed by atoms with Crippen molar-refractivity contribution < 1.29 is 19.1 Å². The number of hydrogen-bond acceptors (Lipinski definition) is 4. The molecule has 1 atom stereocenters. The Morgan fingerprint density at radius 3 is 1.73 bits per heavy atom. The van der Waals surface area contributed by atoms with Crippen molar-refractivity contribution in [2.24, 2.45) is 0 Å². The van der Waals surface area contributed by atoms with Crippen LogP contribution in [-0.4, -0.2) is 23.8 Å². The molecule has 0 aliphatic heterocycles. The van der Waals surface area contributed by atoms with Crippen LogP contribution in [0.4, 0.5) is 5.69 Å². The van der Waals surface area contributed by atoms with Gasteiger partial charge in [0.2, 0.25) is 0 Å². The third kappa shape index (κ3) is 5.20. The highest BCUT2D eigenvalue weighted by Gasteiger charge is 2.27. The Hall–Kier alpha value is -3.73. The lowest BCUT2D eigenvalue weighted by molar-refractivity contribution is -0.153. The van der Waals surface area contributed by atoms with Crippen molar-refractivity contribution in [2.75, 3.05) is 5.32 Å². The molecule has 3 aromatic rings. The first-order chi connectivity index (χ1) is 14.5. The normalized spacial score (nSPS) is 11.6. The van der Waals surface area contributed by atoms with E-state index in [1.54, 1.807) is 24.3 Å². The molecule has 0 aliphatic rings. The number of hydrogen-bond donors (Lipinski definition) is 1. The van der Waals surface area contributed by atoms with Crippen LogP contribution in [-0.2, 0) is 14.3 Å². The second kappa shape index (κ2) is 9.65. The summed E-state index contributed by atoms with van der Waals surface area (Å²) in [5, 5.41) is 2.70. The first-order valence-corrected chi connectivity index (χ1v) is 9.68. The largest absolute Gasteiger partial charge is 0.452 e. The zero-order valence-electron chi connectivity index (χ0n) is 16.9. The summed E-state index contributed by atoms with van der Waals surface area (Å²) < 4.78 is 5.51. The van der Waals surface area contributed by atoms with Gasteiger partial charge >= 0.3 is 5.97 Å². The van der Waals surface area contributed by atoms with Crippen LogP contribution in [0.2, 0.25) is 0 Å². The minimum Gasteiger partial charge on any atom is -0.452 e. The molecule has 0 saturated heterocycles. The van der Waals surface area contributed by atoms with Crippen molar-refractivity contribution in [1.82, 2.24) is 0 Å². The van der Waals surface area contributed by atoms with E-state index in [-0.39, 0.29) is 5.78 Å². The first-order valence-electron chi connectivity index (χ1n) is 9.68. The highest BCUT2D eigenvalue weighted by molar-refractivity contribution is 5.97. The van der Waals surface area contributed by atoms with Gasteiger partial charge in [-0.15, -0.1) is 0 Å². The SMILES string of the molecule is CC(=O)c1ccc(NC(=O)C(C)OC(=O)C(c2ccccc2)c2ccccc2)cc1. The van der Waals surface area contributed by atoms with Crippen molar-refractivity contribution in [1.29, 1.82) is 0 Å². The summed E-state index contributed by atoms with van der Waals surface area (Å²) >= 11 is 0. The fraction of sp³-hybridized carbons (Fsp3) is 0.160. The van der Waals surface area contributed by atoms with Crippen LogP contribution in [0.25, 0.3) is 0 Å². The topological polar surface area (TPSA) is 72.5 Å². The van der Waals surface area contributed by atoms with E-state index < -0.39 is 23.9 Å². The molecule has 1 N–H and O–H groups in total. The Labute approximate surface area is 175 Å². The van der Waals surface area contributed by atoms with Crippen LogP contribution in [0.3, 0.4) is 0 Å². The molecular formula is C25H23NO4. The number of esters is 1. The number of benzene rings is 3. The molecule has 0 spiro atoms. The molecule has 0 bridgehead atoms. The molecule has 0 heterocycles. The number of Topliss-reactive ketones (excluding diaryl/α,β-unsaturated/α-hetero) is 1. The summed E-state index contributed by atoms with van der Waals surface area (Å²) in [6, 6.07) is 25.2. The van der Waals surface area contributed by atoms with Gasteiger partial charge in [-0.2, -0.15) is 0 Å². The maximum atomic E-state index is 13.0. The minimum atomic E-state index is -0.986. The summed E-state index contributed by atoms with van der Waals surface area (Å²) in [4.78, 5) is 36.9. The summed E-state index contributed by atoms with van der Waals surface area (Å²) in [5.41, 5.74) is 2.67. The molecule has 0 aromatic heterocycles. The van der Waals surface area contributed by atoms with E-state index >= 15 is 0 Å². The average molecular weight is 401 g/mol. The number of carbonyl (C=O) groups is 3. The standard InChI is InChI=1S/C25H23NO4/c1-17(27)19-13-15-22(16-14-19)26-24(28)18(2)30-25(29)23(20-9-5-3-6-10-20)21-11-7-4-8-12-21/h3-16,18,23H,1-2H3,(H,26,28). The van der Waals surface area contributed by atoms with Crippen LogP contribution in [0.5, 0.6) is 0 Å². The Bertz CT molecular complexity index is 975. The fourth-order valence-corrected chi connectivity index (χ4v) is 3.08. The zero-order valence-corrected chi connectivity index (χ0v) is 16.9. The van der Waals surface area contributed by atoms with Crippen LogP contribution < -0.4 is 5.32 Å². The molecule has 0 radical (unpaired) electrons. The van der Waals surface area contributed by atoms with Gasteiger partial charge < -0.3 is 10.1 Å². The van der Waals surface area contributed by atoms with Crippen molar-refractivity contribution in [3.8, 4) is 0 Å². The smallest absolute Gasteiger partial charge is 0.318 e. The summed E-state index contributed by atoms with van der Waals surface area (Å²) in [6.07, 6.45) is -0.986. The molecule has 0 aliphatic carbocycles. The highest BCUT2D eigenvalue weighted by Crippen LogP contribution is 2.26. The maximum absolute atomic E-state index is 13.0. The van der Waals surface area contributed by atoms with Gasteiger partial charge in [0.25, 0.3) is 5.91 Å². The number of ether oxygens (including phenoxy) is 1. The summed E-state index contributed by atoms with van der Waals surface area (Å²) in [7, 11) is 0. The second-order valence-electron chi connectivity index (χ2n) is 6.96. The molecule has 152 valence electrons. The van der Waals surface area contributed by atoms with E-state index in [0.717, 1.165) is 11.1 Å². The van der Waals surface area contributed by atoms with E-state index in [1.165, 1.54) is 13.8 Å². The Balaban J connectivity index is 1.71. The van der Waals surface area contributed by atoms with Crippen molar-refractivity contribution in [2.45, 2.75) is 25.9 Å². The first kappa shape index (κ1) is 21.0. The van der Waals surface area contributed by atoms with Gasteiger partial charge in [-0.05, 0) is 49.2 Å². The lowest BCUT2D eigenvalue weighted by Gasteiger charge is -2.20. The quantitative estimate of drug-likeness (QED) is 0.464. The van der Waals surface area contributed by atoms with Gasteiger partial charge in [-0.1, -0.05) is 60.7 Å². The number of anilines is 1. The van der Waals surface area contributed by atoms with Gasteiger partial charge in [0.15, 0.2) is 11.9 Å². The number of nitrogens with one attached hydrogen (secondary N) is 1. The number of rotatable bonds is 7. The minimum absolute atomic E-state index is 0.0527. The van der Waals surface area contributed by atoms with Gasteiger partial charge in [0.05, 0.1) is 0 Å². The molecule has 3 rings (SSSR count). The molecule has 0 fully saturated rings. The average Bonchev–Trinajstić information content (AvgIpc) is 2.75. The molecule has 1 amide bonds. The van der Waals surface area contributed by atoms with E-state index in [2.05, 4.69) is 5.32 Å². The molecule has 0 saturated carbocycles. The predicted molar refractivity (Wildman–Crippen MR) is 115 cm³/mol. The summed E-state index contributed by atoms with van der Waals surface area (Å²) in [6.45, 7) is 3.01. The van der Waals surface area contributed by atoms with Gasteiger partial charge in [-0.3, -0.25) is 14.4 Å². The van der Waals surface area contributed by atoms with E-state index in [0.29, 0.717) is 11.3 Å². The van der Waals surface area contributed by atoms with E-state index in [1.807, 2.05) is 60.7 Å². The van der Waals surface area contributed by atoms with E-state index in [9.17, 15) is 14.4 Å². The maximum Gasteiger partial charge on any atom is 0.318 e. The van der Waals surface area contributed by atoms with Gasteiger partial charge in [-0.25, -0.2) is 0 Å². The number of amides is 1. The highest BCUT2D eigenvalue weighted by atomic mass is 16.5. The zero-order chi connectivity index (χ0) is 21.5. The molecule has 3 aromatic carbocycles. The number of carbonyl (C=O) groups excluding carboxylic acids is 3. The predicted octanol–water partition coefficient (Wildman–Crippen LogP) is 4.59. The van der Waals surface area contributed by atoms with Crippen molar-refractivity contribution >= 4 is 23.3 Å².